The predicted molar refractivity (Wildman–Crippen MR) is 80.3 cm³/mol. The van der Waals surface area contributed by atoms with Gasteiger partial charge < -0.3 is 10.6 Å². The maximum absolute atomic E-state index is 12.1. The SMILES string of the molecule is CCS(=O)(=O)c1ccccc1N(C)CC(C)(C)CN. The number of para-hydroxylation sites is 1. The van der Waals surface area contributed by atoms with E-state index in [-0.39, 0.29) is 11.2 Å². The minimum Gasteiger partial charge on any atom is -0.373 e. The van der Waals surface area contributed by atoms with E-state index >= 15 is 0 Å². The lowest BCUT2D eigenvalue weighted by molar-refractivity contribution is 0.384. The molecule has 5 heteroatoms. The number of benzene rings is 1. The van der Waals surface area contributed by atoms with Crippen LogP contribution >= 0.6 is 0 Å². The van der Waals surface area contributed by atoms with Crippen molar-refractivity contribution in [2.24, 2.45) is 11.1 Å². The van der Waals surface area contributed by atoms with Crippen LogP contribution in [0.3, 0.4) is 0 Å². The molecule has 0 heterocycles. The Balaban J connectivity index is 3.15. The summed E-state index contributed by atoms with van der Waals surface area (Å²) in [5.74, 6) is 0.109. The van der Waals surface area contributed by atoms with Crippen molar-refractivity contribution < 1.29 is 8.42 Å². The third-order valence-corrected chi connectivity index (χ3v) is 4.98. The van der Waals surface area contributed by atoms with Crippen LogP contribution in [0.4, 0.5) is 5.69 Å². The summed E-state index contributed by atoms with van der Waals surface area (Å²) in [7, 11) is -1.30. The highest BCUT2D eigenvalue weighted by Crippen LogP contribution is 2.27. The van der Waals surface area contributed by atoms with Crippen LogP contribution in [-0.2, 0) is 9.84 Å². The number of hydrogen-bond donors (Lipinski definition) is 1. The minimum absolute atomic E-state index is 0.0577. The third-order valence-electron chi connectivity index (χ3n) is 3.21. The third kappa shape index (κ3) is 3.94. The Labute approximate surface area is 116 Å². The van der Waals surface area contributed by atoms with Gasteiger partial charge in [0.25, 0.3) is 0 Å². The molecule has 0 aromatic heterocycles. The largest absolute Gasteiger partial charge is 0.373 e. The number of nitrogens with zero attached hydrogens (tertiary/aromatic N) is 1. The van der Waals surface area contributed by atoms with Gasteiger partial charge in [-0.2, -0.15) is 0 Å². The van der Waals surface area contributed by atoms with Gasteiger partial charge in [0.2, 0.25) is 0 Å². The van der Waals surface area contributed by atoms with E-state index in [1.165, 1.54) is 0 Å². The summed E-state index contributed by atoms with van der Waals surface area (Å²) in [6, 6.07) is 7.12. The zero-order valence-electron chi connectivity index (χ0n) is 12.2. The number of nitrogens with two attached hydrogens (primary N) is 1. The Morgan fingerprint density at radius 1 is 1.26 bits per heavy atom. The van der Waals surface area contributed by atoms with Crippen molar-refractivity contribution in [3.63, 3.8) is 0 Å². The van der Waals surface area contributed by atoms with E-state index in [1.807, 2.05) is 24.1 Å². The van der Waals surface area contributed by atoms with Gasteiger partial charge >= 0.3 is 0 Å². The molecule has 0 saturated carbocycles. The summed E-state index contributed by atoms with van der Waals surface area (Å²) in [5, 5.41) is 0. The van der Waals surface area contributed by atoms with Gasteiger partial charge in [0, 0.05) is 13.6 Å². The summed E-state index contributed by atoms with van der Waals surface area (Å²) in [5.41, 5.74) is 6.42. The molecule has 0 aliphatic rings. The van der Waals surface area contributed by atoms with Crippen LogP contribution in [-0.4, -0.2) is 34.3 Å². The second-order valence-electron chi connectivity index (χ2n) is 5.60. The topological polar surface area (TPSA) is 63.4 Å². The van der Waals surface area contributed by atoms with E-state index in [4.69, 9.17) is 5.73 Å². The average molecular weight is 284 g/mol. The molecule has 0 aliphatic carbocycles. The molecule has 0 fully saturated rings. The smallest absolute Gasteiger partial charge is 0.180 e. The van der Waals surface area contributed by atoms with Crippen LogP contribution in [0.25, 0.3) is 0 Å². The van der Waals surface area contributed by atoms with Crippen molar-refractivity contribution in [2.75, 3.05) is 30.8 Å². The fourth-order valence-electron chi connectivity index (χ4n) is 1.98. The first kappa shape index (κ1) is 16.0. The minimum atomic E-state index is -3.21. The first-order chi connectivity index (χ1) is 8.73. The summed E-state index contributed by atoms with van der Waals surface area (Å²) in [6.07, 6.45) is 0. The highest BCUT2D eigenvalue weighted by atomic mass is 32.2. The van der Waals surface area contributed by atoms with E-state index in [1.54, 1.807) is 19.1 Å². The lowest BCUT2D eigenvalue weighted by atomic mass is 9.93. The highest BCUT2D eigenvalue weighted by molar-refractivity contribution is 7.91. The molecule has 4 nitrogen and oxygen atoms in total. The maximum atomic E-state index is 12.1. The van der Waals surface area contributed by atoms with Gasteiger partial charge in [-0.05, 0) is 24.1 Å². The van der Waals surface area contributed by atoms with Crippen LogP contribution in [0.5, 0.6) is 0 Å². The Hall–Kier alpha value is -1.07. The Morgan fingerprint density at radius 2 is 1.84 bits per heavy atom. The number of hydrogen-bond acceptors (Lipinski definition) is 4. The molecule has 108 valence electrons. The van der Waals surface area contributed by atoms with Crippen LogP contribution in [0.2, 0.25) is 0 Å². The molecule has 1 rings (SSSR count). The summed E-state index contributed by atoms with van der Waals surface area (Å²) in [4.78, 5) is 2.36. The van der Waals surface area contributed by atoms with Gasteiger partial charge in [-0.1, -0.05) is 32.9 Å². The molecule has 0 radical (unpaired) electrons. The fourth-order valence-corrected chi connectivity index (χ4v) is 3.12. The van der Waals surface area contributed by atoms with Crippen LogP contribution < -0.4 is 10.6 Å². The number of rotatable bonds is 6. The zero-order valence-corrected chi connectivity index (χ0v) is 13.0. The molecule has 1 aromatic rings. The van der Waals surface area contributed by atoms with Crippen molar-refractivity contribution in [3.8, 4) is 0 Å². The molecule has 0 unspecified atom stereocenters. The first-order valence-electron chi connectivity index (χ1n) is 6.46. The second kappa shape index (κ2) is 5.92. The van der Waals surface area contributed by atoms with Gasteiger partial charge in [0.1, 0.15) is 0 Å². The molecular weight excluding hydrogens is 260 g/mol. The molecule has 2 N–H and O–H groups in total. The van der Waals surface area contributed by atoms with Gasteiger partial charge in [-0.3, -0.25) is 0 Å². The van der Waals surface area contributed by atoms with Crippen molar-refractivity contribution in [2.45, 2.75) is 25.7 Å². The Kier molecular flexibility index (Phi) is 4.98. The van der Waals surface area contributed by atoms with Gasteiger partial charge in [0.15, 0.2) is 9.84 Å². The lowest BCUT2D eigenvalue weighted by Gasteiger charge is -2.31. The highest BCUT2D eigenvalue weighted by Gasteiger charge is 2.23. The molecule has 1 aromatic carbocycles. The summed E-state index contributed by atoms with van der Waals surface area (Å²) in [6.45, 7) is 7.07. The number of anilines is 1. The van der Waals surface area contributed by atoms with E-state index < -0.39 is 9.84 Å². The van der Waals surface area contributed by atoms with E-state index in [0.717, 1.165) is 5.69 Å². The zero-order chi connectivity index (χ0) is 14.7. The predicted octanol–water partition coefficient (Wildman–Crippen LogP) is 1.90. The molecule has 0 atom stereocenters. The molecule has 0 aliphatic heterocycles. The van der Waals surface area contributed by atoms with Crippen molar-refractivity contribution >= 4 is 15.5 Å². The van der Waals surface area contributed by atoms with Gasteiger partial charge in [-0.15, -0.1) is 0 Å². The molecule has 0 bridgehead atoms. The molecule has 0 saturated heterocycles. The molecular formula is C14H24N2O2S. The summed E-state index contributed by atoms with van der Waals surface area (Å²) >= 11 is 0. The Morgan fingerprint density at radius 3 is 2.37 bits per heavy atom. The van der Waals surface area contributed by atoms with E-state index in [0.29, 0.717) is 18.0 Å². The quantitative estimate of drug-likeness (QED) is 0.866. The van der Waals surface area contributed by atoms with Gasteiger partial charge in [-0.25, -0.2) is 8.42 Å². The summed E-state index contributed by atoms with van der Waals surface area (Å²) < 4.78 is 24.2. The van der Waals surface area contributed by atoms with Crippen LogP contribution in [0.15, 0.2) is 29.2 Å². The monoisotopic (exact) mass is 284 g/mol. The van der Waals surface area contributed by atoms with Crippen molar-refractivity contribution in [1.82, 2.24) is 0 Å². The second-order valence-corrected chi connectivity index (χ2v) is 7.84. The number of sulfone groups is 1. The normalized spacial score (nSPS) is 12.5. The average Bonchev–Trinajstić information content (AvgIpc) is 2.38. The van der Waals surface area contributed by atoms with Crippen molar-refractivity contribution in [3.05, 3.63) is 24.3 Å². The molecule has 0 amide bonds. The first-order valence-corrected chi connectivity index (χ1v) is 8.12. The van der Waals surface area contributed by atoms with E-state index in [9.17, 15) is 8.42 Å². The molecule has 19 heavy (non-hydrogen) atoms. The van der Waals surface area contributed by atoms with Crippen molar-refractivity contribution in [1.29, 1.82) is 0 Å². The molecule has 0 spiro atoms. The fraction of sp³-hybridized carbons (Fsp3) is 0.571. The standard InChI is InChI=1S/C14H24N2O2S/c1-5-19(17,18)13-9-7-6-8-12(13)16(4)11-14(2,3)10-15/h6-9H,5,10-11,15H2,1-4H3. The van der Waals surface area contributed by atoms with Gasteiger partial charge in [0.05, 0.1) is 16.3 Å². The van der Waals surface area contributed by atoms with E-state index in [2.05, 4.69) is 13.8 Å². The maximum Gasteiger partial charge on any atom is 0.180 e. The lowest BCUT2D eigenvalue weighted by Crippen LogP contribution is -2.37. The van der Waals surface area contributed by atoms with Crippen LogP contribution in [0.1, 0.15) is 20.8 Å². The Bertz CT molecular complexity index is 524. The van der Waals surface area contributed by atoms with Crippen LogP contribution in [0, 0.1) is 5.41 Å².